The van der Waals surface area contributed by atoms with E-state index < -0.39 is 0 Å². The fourth-order valence-corrected chi connectivity index (χ4v) is 1.50. The van der Waals surface area contributed by atoms with Gasteiger partial charge in [0.1, 0.15) is 5.78 Å². The molecule has 0 amide bonds. The van der Waals surface area contributed by atoms with Gasteiger partial charge in [0.05, 0.1) is 0 Å². The third-order valence-electron chi connectivity index (χ3n) is 3.15. The summed E-state index contributed by atoms with van der Waals surface area (Å²) in [6.07, 6.45) is 3.34. The van der Waals surface area contributed by atoms with Crippen LogP contribution in [0.1, 0.15) is 117 Å². The number of carbonyl (C=O) groups is 1. The van der Waals surface area contributed by atoms with Crippen molar-refractivity contribution in [2.24, 2.45) is 21.7 Å². The molecular weight excluding hydrogens is 280 g/mol. The van der Waals surface area contributed by atoms with Gasteiger partial charge in [-0.1, -0.05) is 97.9 Å². The summed E-state index contributed by atoms with van der Waals surface area (Å²) in [5.74, 6) is 0.352. The van der Waals surface area contributed by atoms with Gasteiger partial charge in [-0.25, -0.2) is 0 Å². The van der Waals surface area contributed by atoms with Crippen LogP contribution in [-0.4, -0.2) is 5.78 Å². The van der Waals surface area contributed by atoms with Gasteiger partial charge in [0, 0.05) is 11.8 Å². The smallest absolute Gasteiger partial charge is 0.138 e. The van der Waals surface area contributed by atoms with Crippen LogP contribution in [0.25, 0.3) is 0 Å². The molecule has 0 aromatic rings. The zero-order valence-electron chi connectivity index (χ0n) is 17.0. The normalized spacial score (nSPS) is 12.3. The summed E-state index contributed by atoms with van der Waals surface area (Å²) in [7, 11) is 0. The molecule has 0 unspecified atom stereocenters. The summed E-state index contributed by atoms with van der Waals surface area (Å²) < 4.78 is 0. The van der Waals surface area contributed by atoms with Gasteiger partial charge in [0.2, 0.25) is 0 Å². The summed E-state index contributed by atoms with van der Waals surface area (Å²) in [5.41, 5.74) is 0.970. The fraction of sp³-hybridized carbons (Fsp3) is 0.955. The molecule has 0 heterocycles. The van der Waals surface area contributed by atoms with E-state index in [1.165, 1.54) is 12.8 Å². The molecule has 0 spiro atoms. The predicted molar refractivity (Wildman–Crippen MR) is 110 cm³/mol. The largest absolute Gasteiger partial charge is 0.299 e. The second-order valence-electron chi connectivity index (χ2n) is 11.0. The van der Waals surface area contributed by atoms with Gasteiger partial charge in [-0.15, -0.1) is 0 Å². The first kappa shape index (κ1) is 30.5. The quantitative estimate of drug-likeness (QED) is 0.499. The molecule has 0 aliphatic heterocycles. The lowest BCUT2D eigenvalue weighted by molar-refractivity contribution is -0.128. The Morgan fingerprint density at radius 3 is 0.913 bits per heavy atom. The molecule has 0 aliphatic carbocycles. The Morgan fingerprint density at radius 1 is 0.565 bits per heavy atom. The van der Waals surface area contributed by atoms with Crippen molar-refractivity contribution in [2.45, 2.75) is 117 Å². The number of hydrogen-bond acceptors (Lipinski definition) is 1. The van der Waals surface area contributed by atoms with Crippen LogP contribution in [0.3, 0.4) is 0 Å². The Labute approximate surface area is 150 Å². The van der Waals surface area contributed by atoms with Crippen LogP contribution in [0, 0.1) is 21.7 Å². The maximum absolute atomic E-state index is 11.5. The summed E-state index contributed by atoms with van der Waals surface area (Å²) in [5, 5.41) is 0. The number of Topliss-reactive ketones (excluding diaryl/α,β-unsaturated/α-hetero) is 1. The molecule has 1 nitrogen and oxygen atoms in total. The van der Waals surface area contributed by atoms with Crippen LogP contribution in [0.2, 0.25) is 0 Å². The van der Waals surface area contributed by atoms with E-state index in [9.17, 15) is 4.79 Å². The molecule has 0 atom stereocenters. The Bertz CT molecular complexity index is 283. The second-order valence-corrected chi connectivity index (χ2v) is 11.0. The summed E-state index contributed by atoms with van der Waals surface area (Å²) in [6.45, 7) is 26.0. The lowest BCUT2D eigenvalue weighted by Crippen LogP contribution is -2.25. The van der Waals surface area contributed by atoms with E-state index in [1.54, 1.807) is 0 Å². The lowest BCUT2D eigenvalue weighted by Gasteiger charge is -2.24. The molecule has 1 heteroatoms. The topological polar surface area (TPSA) is 17.1 Å². The zero-order valence-corrected chi connectivity index (χ0v) is 17.0. The van der Waals surface area contributed by atoms with Crippen LogP contribution >= 0.6 is 0 Å². The lowest BCUT2D eigenvalue weighted by atomic mass is 9.80. The molecule has 0 aliphatic rings. The average Bonchev–Trinajstić information content (AvgIpc) is 2.09. The van der Waals surface area contributed by atoms with E-state index in [0.29, 0.717) is 23.0 Å². The van der Waals surface area contributed by atoms with Crippen molar-refractivity contribution in [3.8, 4) is 0 Å². The molecule has 144 valence electrons. The first-order valence-corrected chi connectivity index (χ1v) is 8.37. The minimum atomic E-state index is -0.173. The molecule has 0 aromatic heterocycles. The Kier molecular flexibility index (Phi) is 14.0. The van der Waals surface area contributed by atoms with Crippen molar-refractivity contribution in [3.05, 3.63) is 0 Å². The van der Waals surface area contributed by atoms with E-state index in [0.717, 1.165) is 0 Å². The maximum atomic E-state index is 11.5. The van der Waals surface area contributed by atoms with Crippen LogP contribution < -0.4 is 0 Å². The highest BCUT2D eigenvalue weighted by Gasteiger charge is 2.25. The molecule has 0 fully saturated rings. The highest BCUT2D eigenvalue weighted by atomic mass is 16.1. The minimum absolute atomic E-state index is 0. The Morgan fingerprint density at radius 2 is 0.826 bits per heavy atom. The molecule has 0 bridgehead atoms. The zero-order chi connectivity index (χ0) is 17.7. The molecule has 0 N–H and O–H groups in total. The van der Waals surface area contributed by atoms with Crippen LogP contribution in [0.4, 0.5) is 0 Å². The first-order chi connectivity index (χ1) is 8.83. The van der Waals surface area contributed by atoms with Gasteiger partial charge < -0.3 is 0 Å². The van der Waals surface area contributed by atoms with E-state index >= 15 is 0 Å². The van der Waals surface area contributed by atoms with E-state index in [1.807, 2.05) is 20.8 Å². The minimum Gasteiger partial charge on any atom is -0.299 e. The number of hydrogen-bond donors (Lipinski definition) is 0. The van der Waals surface area contributed by atoms with Crippen molar-refractivity contribution in [3.63, 3.8) is 0 Å². The van der Waals surface area contributed by atoms with Crippen molar-refractivity contribution in [1.29, 1.82) is 0 Å². The van der Waals surface area contributed by atoms with Gasteiger partial charge in [0.15, 0.2) is 0 Å². The molecule has 0 saturated heterocycles. The maximum Gasteiger partial charge on any atom is 0.138 e. The van der Waals surface area contributed by atoms with Gasteiger partial charge in [-0.2, -0.15) is 0 Å². The Hall–Kier alpha value is -0.330. The van der Waals surface area contributed by atoms with Gasteiger partial charge >= 0.3 is 0 Å². The van der Waals surface area contributed by atoms with Crippen molar-refractivity contribution < 1.29 is 4.79 Å². The highest BCUT2D eigenvalue weighted by Crippen LogP contribution is 2.29. The molecule has 0 saturated carbocycles. The standard InChI is InChI=1S/C10H20O.C10H22.2CH4/c1-9(2,3)7-8(11)10(4,5)6;1-9(2,3)7-8-10(4,5)6;;/h7H2,1-6H3;7-8H2,1-6H3;2*1H4. The van der Waals surface area contributed by atoms with E-state index in [4.69, 9.17) is 0 Å². The van der Waals surface area contributed by atoms with Gasteiger partial charge in [-0.3, -0.25) is 4.79 Å². The molecular formula is C22H50O. The second kappa shape index (κ2) is 10.5. The number of ketones is 1. The van der Waals surface area contributed by atoms with Gasteiger partial charge in [-0.05, 0) is 29.1 Å². The van der Waals surface area contributed by atoms with E-state index in [-0.39, 0.29) is 25.7 Å². The van der Waals surface area contributed by atoms with Crippen LogP contribution in [-0.2, 0) is 4.79 Å². The first-order valence-electron chi connectivity index (χ1n) is 8.37. The third kappa shape index (κ3) is 26.9. The fourth-order valence-electron chi connectivity index (χ4n) is 1.50. The van der Waals surface area contributed by atoms with Crippen molar-refractivity contribution in [1.82, 2.24) is 0 Å². The number of rotatable bonds is 2. The van der Waals surface area contributed by atoms with Crippen LogP contribution in [0.5, 0.6) is 0 Å². The van der Waals surface area contributed by atoms with Crippen molar-refractivity contribution in [2.75, 3.05) is 0 Å². The van der Waals surface area contributed by atoms with Crippen LogP contribution in [0.15, 0.2) is 0 Å². The predicted octanol–water partition coefficient (Wildman–Crippen LogP) is 8.17. The highest BCUT2D eigenvalue weighted by molar-refractivity contribution is 5.84. The summed E-state index contributed by atoms with van der Waals surface area (Å²) in [6, 6.07) is 0. The third-order valence-corrected chi connectivity index (χ3v) is 3.15. The number of carbonyl (C=O) groups excluding carboxylic acids is 1. The monoisotopic (exact) mass is 330 g/mol. The molecule has 23 heavy (non-hydrogen) atoms. The molecule has 0 rings (SSSR count). The molecule has 0 aromatic carbocycles. The SMILES string of the molecule is C.C.CC(C)(C)CC(=O)C(C)(C)C.CC(C)(C)CCC(C)(C)C. The molecule has 0 radical (unpaired) electrons. The summed E-state index contributed by atoms with van der Waals surface area (Å²) >= 11 is 0. The summed E-state index contributed by atoms with van der Waals surface area (Å²) in [4.78, 5) is 11.5. The van der Waals surface area contributed by atoms with Gasteiger partial charge in [0.25, 0.3) is 0 Å². The van der Waals surface area contributed by atoms with Crippen molar-refractivity contribution >= 4 is 5.78 Å². The van der Waals surface area contributed by atoms with E-state index in [2.05, 4.69) is 62.3 Å². The average molecular weight is 331 g/mol. The Balaban J connectivity index is -0.000000145.